The van der Waals surface area contributed by atoms with Gasteiger partial charge in [0, 0.05) is 0 Å². The Balaban J connectivity index is 0.000000749. The summed E-state index contributed by atoms with van der Waals surface area (Å²) in [6.45, 7) is 15.0. The van der Waals surface area contributed by atoms with E-state index in [1.165, 1.54) is 22.3 Å². The van der Waals surface area contributed by atoms with Gasteiger partial charge >= 0.3 is 5.96 Å². The summed E-state index contributed by atoms with van der Waals surface area (Å²) in [7, 11) is -4.94. The van der Waals surface area contributed by atoms with Gasteiger partial charge in [0.05, 0.1) is 5.54 Å². The SMILES string of the molecule is Cc1cccc(C)c1NC(Nc1c(C)cccc1C)=[NH+]C(C)(C)C.[O-][Cl+3]([O-])([O-])[O-]. The van der Waals surface area contributed by atoms with Crippen molar-refractivity contribution in [2.24, 2.45) is 0 Å². The van der Waals surface area contributed by atoms with Crippen molar-refractivity contribution in [2.45, 2.75) is 54.0 Å². The molecule has 3 N–H and O–H groups in total. The van der Waals surface area contributed by atoms with Crippen molar-refractivity contribution in [3.8, 4) is 0 Å². The minimum Gasteiger partial charge on any atom is -0.273 e. The van der Waals surface area contributed by atoms with Gasteiger partial charge in [-0.05, 0) is 70.7 Å². The molecule has 0 saturated carbocycles. The lowest BCUT2D eigenvalue weighted by atomic mass is 10.1. The summed E-state index contributed by atoms with van der Waals surface area (Å²) in [5, 5.41) is 7.14. The Hall–Kier alpha value is -2.16. The molecule has 0 aliphatic carbocycles. The summed E-state index contributed by atoms with van der Waals surface area (Å²) in [4.78, 5) is 3.56. The minimum atomic E-state index is -4.94. The molecule has 0 aromatic heterocycles. The first-order valence-corrected chi connectivity index (χ1v) is 10.3. The first kappa shape index (κ1) is 24.9. The topological polar surface area (TPSA) is 130 Å². The third kappa shape index (κ3) is 9.74. The van der Waals surface area contributed by atoms with E-state index >= 15 is 0 Å². The van der Waals surface area contributed by atoms with Gasteiger partial charge in [0.15, 0.2) is 0 Å². The molecule has 2 rings (SSSR count). The fourth-order valence-electron chi connectivity index (χ4n) is 2.74. The number of halogens is 1. The van der Waals surface area contributed by atoms with Crippen molar-refractivity contribution in [3.63, 3.8) is 0 Å². The van der Waals surface area contributed by atoms with Gasteiger partial charge in [0.25, 0.3) is 0 Å². The molecule has 29 heavy (non-hydrogen) atoms. The van der Waals surface area contributed by atoms with E-state index in [-0.39, 0.29) is 5.54 Å². The number of para-hydroxylation sites is 2. The highest BCUT2D eigenvalue weighted by molar-refractivity contribution is 6.01. The first-order chi connectivity index (χ1) is 13.2. The van der Waals surface area contributed by atoms with Gasteiger partial charge in [0.1, 0.15) is 11.4 Å². The molecule has 8 heteroatoms. The molecule has 0 amide bonds. The zero-order valence-electron chi connectivity index (χ0n) is 18.0. The lowest BCUT2D eigenvalue weighted by Gasteiger charge is -2.17. The van der Waals surface area contributed by atoms with Crippen LogP contribution in [0.25, 0.3) is 0 Å². The van der Waals surface area contributed by atoms with Gasteiger partial charge in [-0.15, -0.1) is 10.2 Å². The summed E-state index contributed by atoms with van der Waals surface area (Å²) >= 11 is 0. The highest BCUT2D eigenvalue weighted by Gasteiger charge is 2.19. The number of anilines is 2. The second-order valence-corrected chi connectivity index (χ2v) is 8.67. The van der Waals surface area contributed by atoms with Crippen LogP contribution in [-0.4, -0.2) is 11.5 Å². The largest absolute Gasteiger partial charge is 0.353 e. The quantitative estimate of drug-likeness (QED) is 0.416. The molecule has 0 saturated heterocycles. The minimum absolute atomic E-state index is 0.0531. The number of aryl methyl sites for hydroxylation is 4. The van der Waals surface area contributed by atoms with Crippen molar-refractivity contribution >= 4 is 17.3 Å². The van der Waals surface area contributed by atoms with Crippen molar-refractivity contribution in [2.75, 3.05) is 10.6 Å². The molecule has 2 aromatic carbocycles. The Morgan fingerprint density at radius 3 is 1.24 bits per heavy atom. The highest BCUT2D eigenvalue weighted by Crippen LogP contribution is 2.21. The maximum Gasteiger partial charge on any atom is 0.353 e. The standard InChI is InChI=1S/C21H29N3.ClHO4/c1-14-10-8-11-15(2)18(14)22-20(24-21(5,6)7)23-19-16(3)12-9-13-17(19)4;2-1(3,4)5/h8-13H,1-7H3,(H2,22,23,24);(H,2,3,4,5). The Bertz CT molecular complexity index is 754. The molecule has 0 spiro atoms. The van der Waals surface area contributed by atoms with Crippen LogP contribution in [0.2, 0.25) is 0 Å². The maximum absolute atomic E-state index is 8.49. The molecule has 0 aliphatic rings. The average molecular weight is 424 g/mol. The van der Waals surface area contributed by atoms with E-state index in [2.05, 4.69) is 100 Å². The third-order valence-corrected chi connectivity index (χ3v) is 3.96. The van der Waals surface area contributed by atoms with Crippen LogP contribution in [0.1, 0.15) is 43.0 Å². The van der Waals surface area contributed by atoms with Crippen molar-refractivity contribution < 1.29 is 33.9 Å². The molecule has 0 fully saturated rings. The summed E-state index contributed by atoms with van der Waals surface area (Å²) < 4.78 is 34.0. The van der Waals surface area contributed by atoms with Crippen molar-refractivity contribution in [3.05, 3.63) is 58.7 Å². The van der Waals surface area contributed by atoms with E-state index in [0.717, 1.165) is 17.3 Å². The van der Waals surface area contributed by atoms with Crippen LogP contribution in [0, 0.1) is 37.9 Å². The third-order valence-electron chi connectivity index (χ3n) is 3.96. The molecule has 0 unspecified atom stereocenters. The van der Waals surface area contributed by atoms with Crippen LogP contribution < -0.4 is 34.3 Å². The molecule has 2 aromatic rings. The van der Waals surface area contributed by atoms with Gasteiger partial charge in [-0.1, -0.05) is 36.4 Å². The number of benzene rings is 2. The van der Waals surface area contributed by atoms with Crippen LogP contribution in [-0.2, 0) is 0 Å². The molecule has 7 nitrogen and oxygen atoms in total. The van der Waals surface area contributed by atoms with Gasteiger partial charge in [-0.25, -0.2) is 29.3 Å². The predicted molar refractivity (Wildman–Crippen MR) is 105 cm³/mol. The molecule has 0 aliphatic heterocycles. The Kier molecular flexibility index (Phi) is 8.62. The number of nitrogens with one attached hydrogen (secondary N) is 3. The summed E-state index contributed by atoms with van der Waals surface area (Å²) in [5.74, 6) is 0.900. The Morgan fingerprint density at radius 1 is 0.724 bits per heavy atom. The van der Waals surface area contributed by atoms with Crippen LogP contribution >= 0.6 is 0 Å². The molecule has 0 heterocycles. The number of guanidine groups is 1. The zero-order chi connectivity index (χ0) is 22.4. The van der Waals surface area contributed by atoms with Crippen LogP contribution in [0.4, 0.5) is 11.4 Å². The molecule has 0 bridgehead atoms. The number of hydrogen-bond donors (Lipinski definition) is 3. The zero-order valence-corrected chi connectivity index (χ0v) is 18.7. The van der Waals surface area contributed by atoms with Crippen molar-refractivity contribution in [1.82, 2.24) is 0 Å². The van der Waals surface area contributed by atoms with Crippen molar-refractivity contribution in [1.29, 1.82) is 0 Å². The van der Waals surface area contributed by atoms with Crippen LogP contribution in [0.5, 0.6) is 0 Å². The fourth-order valence-corrected chi connectivity index (χ4v) is 2.74. The lowest BCUT2D eigenvalue weighted by Crippen LogP contribution is -2.87. The van der Waals surface area contributed by atoms with E-state index < -0.39 is 10.2 Å². The first-order valence-electron chi connectivity index (χ1n) is 9.11. The van der Waals surface area contributed by atoms with E-state index in [1.54, 1.807) is 0 Å². The molecular formula is C21H30ClN3O4. The summed E-state index contributed by atoms with van der Waals surface area (Å²) in [6, 6.07) is 12.7. The van der Waals surface area contributed by atoms with E-state index in [1.807, 2.05) is 0 Å². The van der Waals surface area contributed by atoms with E-state index in [4.69, 9.17) is 18.6 Å². The number of hydrogen-bond acceptors (Lipinski definition) is 4. The number of rotatable bonds is 2. The Morgan fingerprint density at radius 2 is 1.00 bits per heavy atom. The predicted octanol–water partition coefficient (Wildman–Crippen LogP) is -1.08. The normalized spacial score (nSPS) is 11.3. The Labute approximate surface area is 174 Å². The second-order valence-electron chi connectivity index (χ2n) is 7.91. The van der Waals surface area contributed by atoms with Gasteiger partial charge in [-0.2, -0.15) is 0 Å². The van der Waals surface area contributed by atoms with E-state index in [9.17, 15) is 0 Å². The second kappa shape index (κ2) is 10.0. The molecular weight excluding hydrogens is 394 g/mol. The average Bonchev–Trinajstić information content (AvgIpc) is 2.51. The summed E-state index contributed by atoms with van der Waals surface area (Å²) in [6.07, 6.45) is 0. The maximum atomic E-state index is 8.49. The van der Waals surface area contributed by atoms with Gasteiger partial charge in [-0.3, -0.25) is 4.99 Å². The highest BCUT2D eigenvalue weighted by atomic mass is 35.7. The smallest absolute Gasteiger partial charge is 0.273 e. The lowest BCUT2D eigenvalue weighted by molar-refractivity contribution is -2.00. The molecule has 0 radical (unpaired) electrons. The monoisotopic (exact) mass is 423 g/mol. The fraction of sp³-hybridized carbons (Fsp3) is 0.381. The van der Waals surface area contributed by atoms with Crippen LogP contribution in [0.15, 0.2) is 36.4 Å². The van der Waals surface area contributed by atoms with Gasteiger partial charge in [0.2, 0.25) is 0 Å². The van der Waals surface area contributed by atoms with Gasteiger partial charge < -0.3 is 0 Å². The molecule has 160 valence electrons. The van der Waals surface area contributed by atoms with Crippen LogP contribution in [0.3, 0.4) is 0 Å². The summed E-state index contributed by atoms with van der Waals surface area (Å²) in [5.41, 5.74) is 7.14. The molecule has 0 atom stereocenters. The van der Waals surface area contributed by atoms with E-state index in [0.29, 0.717) is 0 Å².